The Morgan fingerprint density at radius 3 is 2.22 bits per heavy atom. The van der Waals surface area contributed by atoms with E-state index in [4.69, 9.17) is 0 Å². The summed E-state index contributed by atoms with van der Waals surface area (Å²) in [5.74, 6) is 0.0485. The van der Waals surface area contributed by atoms with Crippen molar-refractivity contribution in [3.63, 3.8) is 0 Å². The third-order valence-electron chi connectivity index (χ3n) is 2.99. The Kier molecular flexibility index (Phi) is 3.78. The highest BCUT2D eigenvalue weighted by atomic mass is 16.2. The second-order valence-corrected chi connectivity index (χ2v) is 4.20. The van der Waals surface area contributed by atoms with Crippen LogP contribution in [0.4, 0.5) is 5.69 Å². The van der Waals surface area contributed by atoms with E-state index in [1.165, 1.54) is 0 Å². The van der Waals surface area contributed by atoms with Crippen LogP contribution < -0.4 is 4.90 Å². The number of hydrogen-bond acceptors (Lipinski definition) is 1. The molecule has 0 spiro atoms. The number of anilines is 1. The van der Waals surface area contributed by atoms with Crippen LogP contribution in [0, 0.1) is 6.92 Å². The number of benzene rings is 2. The third kappa shape index (κ3) is 2.43. The van der Waals surface area contributed by atoms with E-state index in [2.05, 4.69) is 0 Å². The van der Waals surface area contributed by atoms with Gasteiger partial charge in [-0.05, 0) is 37.6 Å². The Balaban J connectivity index is 2.36. The van der Waals surface area contributed by atoms with Gasteiger partial charge in [0.1, 0.15) is 0 Å². The summed E-state index contributed by atoms with van der Waals surface area (Å²) in [6.07, 6.45) is 0. The summed E-state index contributed by atoms with van der Waals surface area (Å²) < 4.78 is 0. The summed E-state index contributed by atoms with van der Waals surface area (Å²) in [5.41, 5.74) is 2.82. The van der Waals surface area contributed by atoms with Gasteiger partial charge in [0.05, 0.1) is 0 Å². The van der Waals surface area contributed by atoms with Crippen molar-refractivity contribution in [3.8, 4) is 0 Å². The molecule has 92 valence electrons. The zero-order valence-electron chi connectivity index (χ0n) is 10.8. The first-order valence-corrected chi connectivity index (χ1v) is 6.16. The molecule has 2 nitrogen and oxygen atoms in total. The Morgan fingerprint density at radius 2 is 1.61 bits per heavy atom. The van der Waals surface area contributed by atoms with Crippen molar-refractivity contribution in [2.75, 3.05) is 11.4 Å². The molecule has 0 aromatic heterocycles. The van der Waals surface area contributed by atoms with Crippen LogP contribution in [-0.4, -0.2) is 12.5 Å². The van der Waals surface area contributed by atoms with Crippen molar-refractivity contribution in [2.45, 2.75) is 13.8 Å². The van der Waals surface area contributed by atoms with Crippen molar-refractivity contribution >= 4 is 11.6 Å². The highest BCUT2D eigenvalue weighted by Crippen LogP contribution is 2.21. The molecule has 0 aliphatic rings. The van der Waals surface area contributed by atoms with Crippen LogP contribution in [0.15, 0.2) is 54.6 Å². The number of carbonyl (C=O) groups is 1. The molecule has 0 radical (unpaired) electrons. The van der Waals surface area contributed by atoms with Gasteiger partial charge < -0.3 is 4.90 Å². The maximum atomic E-state index is 12.5. The van der Waals surface area contributed by atoms with Crippen LogP contribution in [-0.2, 0) is 0 Å². The number of hydrogen-bond donors (Lipinski definition) is 0. The van der Waals surface area contributed by atoms with Gasteiger partial charge in [-0.15, -0.1) is 0 Å². The highest BCUT2D eigenvalue weighted by molar-refractivity contribution is 6.06. The molecule has 0 saturated heterocycles. The Labute approximate surface area is 108 Å². The highest BCUT2D eigenvalue weighted by Gasteiger charge is 2.16. The van der Waals surface area contributed by atoms with Crippen LogP contribution >= 0.6 is 0 Å². The van der Waals surface area contributed by atoms with E-state index in [0.717, 1.165) is 16.8 Å². The largest absolute Gasteiger partial charge is 0.308 e. The predicted octanol–water partition coefficient (Wildman–Crippen LogP) is 3.66. The lowest BCUT2D eigenvalue weighted by atomic mass is 10.1. The first kappa shape index (κ1) is 12.4. The number of nitrogens with zero attached hydrogens (tertiary/aromatic N) is 1. The zero-order chi connectivity index (χ0) is 13.0. The molecule has 2 aromatic rings. The minimum atomic E-state index is 0.0485. The van der Waals surface area contributed by atoms with Crippen LogP contribution in [0.3, 0.4) is 0 Å². The summed E-state index contributed by atoms with van der Waals surface area (Å²) in [4.78, 5) is 14.3. The van der Waals surface area contributed by atoms with Crippen molar-refractivity contribution in [1.82, 2.24) is 0 Å². The van der Waals surface area contributed by atoms with Gasteiger partial charge >= 0.3 is 0 Å². The standard InChI is InChI=1S/C16H17NO/c1-3-17(15-12-8-7-9-13(15)2)16(18)14-10-5-4-6-11-14/h4-12H,3H2,1-2H3. The maximum Gasteiger partial charge on any atom is 0.258 e. The molecule has 0 unspecified atom stereocenters. The summed E-state index contributed by atoms with van der Waals surface area (Å²) >= 11 is 0. The lowest BCUT2D eigenvalue weighted by Gasteiger charge is -2.23. The van der Waals surface area contributed by atoms with Gasteiger partial charge in [0.15, 0.2) is 0 Å². The molecule has 0 heterocycles. The fraction of sp³-hybridized carbons (Fsp3) is 0.188. The fourth-order valence-corrected chi connectivity index (χ4v) is 2.03. The first-order chi connectivity index (χ1) is 8.74. The molecular weight excluding hydrogens is 222 g/mol. The lowest BCUT2D eigenvalue weighted by molar-refractivity contribution is 0.0988. The van der Waals surface area contributed by atoms with E-state index in [0.29, 0.717) is 6.54 Å². The van der Waals surface area contributed by atoms with Crippen LogP contribution in [0.1, 0.15) is 22.8 Å². The summed E-state index contributed by atoms with van der Waals surface area (Å²) in [6.45, 7) is 4.68. The van der Waals surface area contributed by atoms with Gasteiger partial charge in [-0.25, -0.2) is 0 Å². The predicted molar refractivity (Wildman–Crippen MR) is 75.0 cm³/mol. The molecule has 2 rings (SSSR count). The fourth-order valence-electron chi connectivity index (χ4n) is 2.03. The van der Waals surface area contributed by atoms with E-state index in [1.54, 1.807) is 0 Å². The van der Waals surface area contributed by atoms with Gasteiger partial charge in [0.2, 0.25) is 0 Å². The second kappa shape index (κ2) is 5.50. The number of carbonyl (C=O) groups excluding carboxylic acids is 1. The van der Waals surface area contributed by atoms with Crippen molar-refractivity contribution in [2.24, 2.45) is 0 Å². The van der Waals surface area contributed by atoms with Crippen LogP contribution in [0.25, 0.3) is 0 Å². The van der Waals surface area contributed by atoms with Crippen LogP contribution in [0.5, 0.6) is 0 Å². The topological polar surface area (TPSA) is 20.3 Å². The molecule has 0 aliphatic heterocycles. The molecule has 18 heavy (non-hydrogen) atoms. The lowest BCUT2D eigenvalue weighted by Crippen LogP contribution is -2.31. The SMILES string of the molecule is CCN(C(=O)c1ccccc1)c1ccccc1C. The van der Waals surface area contributed by atoms with E-state index >= 15 is 0 Å². The van der Waals surface area contributed by atoms with E-state index in [9.17, 15) is 4.79 Å². The molecule has 0 atom stereocenters. The minimum Gasteiger partial charge on any atom is -0.308 e. The van der Waals surface area contributed by atoms with Gasteiger partial charge in [-0.3, -0.25) is 4.79 Å². The second-order valence-electron chi connectivity index (χ2n) is 4.20. The molecule has 0 N–H and O–H groups in total. The Morgan fingerprint density at radius 1 is 1.00 bits per heavy atom. The number of rotatable bonds is 3. The average molecular weight is 239 g/mol. The molecule has 2 aromatic carbocycles. The maximum absolute atomic E-state index is 12.5. The number of aryl methyl sites for hydroxylation is 1. The molecule has 0 bridgehead atoms. The zero-order valence-corrected chi connectivity index (χ0v) is 10.8. The van der Waals surface area contributed by atoms with E-state index < -0.39 is 0 Å². The normalized spacial score (nSPS) is 10.1. The molecule has 1 amide bonds. The Hall–Kier alpha value is -2.09. The molecule has 0 saturated carbocycles. The smallest absolute Gasteiger partial charge is 0.258 e. The molecular formula is C16H17NO. The van der Waals surface area contributed by atoms with Crippen molar-refractivity contribution < 1.29 is 4.79 Å². The van der Waals surface area contributed by atoms with Crippen molar-refractivity contribution in [1.29, 1.82) is 0 Å². The van der Waals surface area contributed by atoms with Gasteiger partial charge in [-0.2, -0.15) is 0 Å². The van der Waals surface area contributed by atoms with E-state index in [-0.39, 0.29) is 5.91 Å². The van der Waals surface area contributed by atoms with Crippen LogP contribution in [0.2, 0.25) is 0 Å². The molecule has 2 heteroatoms. The first-order valence-electron chi connectivity index (χ1n) is 6.16. The summed E-state index contributed by atoms with van der Waals surface area (Å²) in [7, 11) is 0. The molecule has 0 fully saturated rings. The average Bonchev–Trinajstić information content (AvgIpc) is 2.42. The summed E-state index contributed by atoms with van der Waals surface area (Å²) in [5, 5.41) is 0. The third-order valence-corrected chi connectivity index (χ3v) is 2.99. The monoisotopic (exact) mass is 239 g/mol. The molecule has 0 aliphatic carbocycles. The summed E-state index contributed by atoms with van der Waals surface area (Å²) in [6, 6.07) is 17.4. The van der Waals surface area contributed by atoms with E-state index in [1.807, 2.05) is 73.3 Å². The van der Waals surface area contributed by atoms with Gasteiger partial charge in [-0.1, -0.05) is 36.4 Å². The van der Waals surface area contributed by atoms with Gasteiger partial charge in [0.25, 0.3) is 5.91 Å². The van der Waals surface area contributed by atoms with Crippen molar-refractivity contribution in [3.05, 3.63) is 65.7 Å². The van der Waals surface area contributed by atoms with Gasteiger partial charge in [0, 0.05) is 17.8 Å². The number of amides is 1. The quantitative estimate of drug-likeness (QED) is 0.800. The minimum absolute atomic E-state index is 0.0485. The Bertz CT molecular complexity index is 534. The number of para-hydroxylation sites is 1.